The van der Waals surface area contributed by atoms with E-state index in [2.05, 4.69) is 14.9 Å². The van der Waals surface area contributed by atoms with Crippen LogP contribution in [0.25, 0.3) is 11.0 Å². The maximum absolute atomic E-state index is 4.12. The number of fused-ring (bicyclic) bond motifs is 1. The van der Waals surface area contributed by atoms with E-state index in [9.17, 15) is 0 Å². The summed E-state index contributed by atoms with van der Waals surface area (Å²) in [5, 5.41) is 8.21. The van der Waals surface area contributed by atoms with Crippen molar-refractivity contribution >= 4 is 11.0 Å². The van der Waals surface area contributed by atoms with Gasteiger partial charge >= 0.3 is 0 Å². The number of para-hydroxylation sites is 1. The van der Waals surface area contributed by atoms with Gasteiger partial charge in [-0.15, -0.1) is 5.10 Å². The highest BCUT2D eigenvalue weighted by Gasteiger charge is 2.02. The Kier molecular flexibility index (Phi) is 1.78. The van der Waals surface area contributed by atoms with Crippen molar-refractivity contribution in [2.24, 2.45) is 0 Å². The molecule has 15 heavy (non-hydrogen) atoms. The van der Waals surface area contributed by atoms with Gasteiger partial charge in [-0.3, -0.25) is 0 Å². The van der Waals surface area contributed by atoms with Crippen molar-refractivity contribution in [2.45, 2.75) is 6.67 Å². The summed E-state index contributed by atoms with van der Waals surface area (Å²) < 4.78 is 3.94. The van der Waals surface area contributed by atoms with E-state index in [0.717, 1.165) is 11.0 Å². The van der Waals surface area contributed by atoms with Crippen molar-refractivity contribution < 1.29 is 0 Å². The zero-order chi connectivity index (χ0) is 10.1. The largest absolute Gasteiger partial charge is 0.334 e. The first-order chi connectivity index (χ1) is 7.43. The molecule has 0 saturated carbocycles. The molecule has 0 unspecified atom stereocenters. The molecule has 0 N–H and O–H groups in total. The maximum Gasteiger partial charge on any atom is 0.118 e. The van der Waals surface area contributed by atoms with Crippen LogP contribution in [0.2, 0.25) is 0 Å². The van der Waals surface area contributed by atoms with Gasteiger partial charge in [-0.25, -0.2) is 4.68 Å². The van der Waals surface area contributed by atoms with Crippen molar-refractivity contribution in [1.29, 1.82) is 0 Å². The Hall–Kier alpha value is -2.10. The third kappa shape index (κ3) is 1.40. The highest BCUT2D eigenvalue weighted by atomic mass is 15.5. The van der Waals surface area contributed by atoms with Crippen molar-refractivity contribution in [2.75, 3.05) is 0 Å². The first-order valence-electron chi connectivity index (χ1n) is 4.82. The highest BCUT2D eigenvalue weighted by molar-refractivity contribution is 5.73. The monoisotopic (exact) mass is 198 g/mol. The van der Waals surface area contributed by atoms with Crippen molar-refractivity contribution in [3.05, 3.63) is 48.8 Å². The van der Waals surface area contributed by atoms with Crippen LogP contribution < -0.4 is 0 Å². The molecule has 74 valence electrons. The average Bonchev–Trinajstić information content (AvgIpc) is 2.89. The average molecular weight is 198 g/mol. The molecule has 0 aliphatic carbocycles. The molecular formula is C11H10N4. The number of hydrogen-bond donors (Lipinski definition) is 0. The number of benzene rings is 1. The molecule has 4 nitrogen and oxygen atoms in total. The SMILES string of the molecule is c1ccc2c(c1)nnn2Cn1cccc1. The lowest BCUT2D eigenvalue weighted by molar-refractivity contribution is 0.547. The molecular weight excluding hydrogens is 188 g/mol. The Balaban J connectivity index is 2.05. The third-order valence-electron chi connectivity index (χ3n) is 2.38. The van der Waals surface area contributed by atoms with Gasteiger partial charge in [-0.2, -0.15) is 0 Å². The van der Waals surface area contributed by atoms with Gasteiger partial charge in [0.2, 0.25) is 0 Å². The summed E-state index contributed by atoms with van der Waals surface area (Å²) in [6.45, 7) is 0.702. The standard InChI is InChI=1S/C11H10N4/c1-2-6-11-10(5-1)12-13-15(11)9-14-7-3-4-8-14/h1-8H,9H2. The van der Waals surface area contributed by atoms with Crippen molar-refractivity contribution in [3.63, 3.8) is 0 Å². The molecule has 0 amide bonds. The number of hydrogen-bond acceptors (Lipinski definition) is 2. The van der Waals surface area contributed by atoms with Crippen LogP contribution in [0.15, 0.2) is 48.8 Å². The van der Waals surface area contributed by atoms with Crippen LogP contribution in [0, 0.1) is 0 Å². The molecule has 3 aromatic rings. The second kappa shape index (κ2) is 3.24. The smallest absolute Gasteiger partial charge is 0.118 e. The fourth-order valence-corrected chi connectivity index (χ4v) is 1.64. The van der Waals surface area contributed by atoms with Crippen LogP contribution in [-0.2, 0) is 6.67 Å². The quantitative estimate of drug-likeness (QED) is 0.628. The zero-order valence-electron chi connectivity index (χ0n) is 8.11. The highest BCUT2D eigenvalue weighted by Crippen LogP contribution is 2.09. The fraction of sp³-hybridized carbons (Fsp3) is 0.0909. The van der Waals surface area contributed by atoms with Gasteiger partial charge in [0.1, 0.15) is 12.2 Å². The molecule has 1 aromatic carbocycles. The lowest BCUT2D eigenvalue weighted by Gasteiger charge is -2.02. The Morgan fingerprint density at radius 2 is 1.80 bits per heavy atom. The molecule has 0 fully saturated rings. The van der Waals surface area contributed by atoms with Gasteiger partial charge in [-0.1, -0.05) is 17.3 Å². The van der Waals surface area contributed by atoms with Crippen molar-refractivity contribution in [1.82, 2.24) is 19.6 Å². The minimum Gasteiger partial charge on any atom is -0.334 e. The molecule has 4 heteroatoms. The van der Waals surface area contributed by atoms with Gasteiger partial charge in [0.15, 0.2) is 0 Å². The number of nitrogens with zero attached hydrogens (tertiary/aromatic N) is 4. The second-order valence-electron chi connectivity index (χ2n) is 3.42. The predicted molar refractivity (Wildman–Crippen MR) is 57.4 cm³/mol. The van der Waals surface area contributed by atoms with Crippen LogP contribution in [0.3, 0.4) is 0 Å². The molecule has 2 heterocycles. The normalized spacial score (nSPS) is 10.9. The van der Waals surface area contributed by atoms with Gasteiger partial charge in [-0.05, 0) is 24.3 Å². The fourth-order valence-electron chi connectivity index (χ4n) is 1.64. The molecule has 3 rings (SSSR count). The summed E-state index contributed by atoms with van der Waals surface area (Å²) in [4.78, 5) is 0. The van der Waals surface area contributed by atoms with E-state index in [-0.39, 0.29) is 0 Å². The van der Waals surface area contributed by atoms with Gasteiger partial charge in [0.05, 0.1) is 5.52 Å². The lowest BCUT2D eigenvalue weighted by atomic mass is 10.3. The molecule has 0 bridgehead atoms. The summed E-state index contributed by atoms with van der Waals surface area (Å²) >= 11 is 0. The minimum atomic E-state index is 0.702. The third-order valence-corrected chi connectivity index (χ3v) is 2.38. The van der Waals surface area contributed by atoms with Gasteiger partial charge in [0, 0.05) is 12.4 Å². The molecule has 2 aromatic heterocycles. The Bertz CT molecular complexity index is 565. The Labute approximate surface area is 86.7 Å². The van der Waals surface area contributed by atoms with Crippen LogP contribution in [-0.4, -0.2) is 19.6 Å². The first kappa shape index (κ1) is 8.23. The summed E-state index contributed by atoms with van der Waals surface area (Å²) in [6, 6.07) is 12.0. The topological polar surface area (TPSA) is 35.6 Å². The van der Waals surface area contributed by atoms with Crippen LogP contribution in [0.5, 0.6) is 0 Å². The van der Waals surface area contributed by atoms with E-state index in [1.807, 2.05) is 53.5 Å². The van der Waals surface area contributed by atoms with Gasteiger partial charge in [0.25, 0.3) is 0 Å². The molecule has 0 spiro atoms. The maximum atomic E-state index is 4.12. The lowest BCUT2D eigenvalue weighted by Crippen LogP contribution is -2.07. The van der Waals surface area contributed by atoms with E-state index in [1.165, 1.54) is 0 Å². The molecule has 0 aliphatic rings. The van der Waals surface area contributed by atoms with Crippen LogP contribution in [0.4, 0.5) is 0 Å². The summed E-state index contributed by atoms with van der Waals surface area (Å²) in [6.07, 6.45) is 4.02. The molecule has 0 atom stereocenters. The van der Waals surface area contributed by atoms with E-state index in [0.29, 0.717) is 6.67 Å². The van der Waals surface area contributed by atoms with Crippen LogP contribution >= 0.6 is 0 Å². The van der Waals surface area contributed by atoms with E-state index < -0.39 is 0 Å². The molecule has 0 saturated heterocycles. The number of rotatable bonds is 2. The summed E-state index contributed by atoms with van der Waals surface area (Å²) in [5.41, 5.74) is 2.00. The van der Waals surface area contributed by atoms with Crippen molar-refractivity contribution in [3.8, 4) is 0 Å². The summed E-state index contributed by atoms with van der Waals surface area (Å²) in [7, 11) is 0. The van der Waals surface area contributed by atoms with E-state index in [4.69, 9.17) is 0 Å². The van der Waals surface area contributed by atoms with Gasteiger partial charge < -0.3 is 4.57 Å². The molecule has 0 radical (unpaired) electrons. The van der Waals surface area contributed by atoms with Crippen LogP contribution in [0.1, 0.15) is 0 Å². The first-order valence-corrected chi connectivity index (χ1v) is 4.82. The minimum absolute atomic E-state index is 0.702. The van der Waals surface area contributed by atoms with E-state index >= 15 is 0 Å². The second-order valence-corrected chi connectivity index (χ2v) is 3.42. The Morgan fingerprint density at radius 1 is 1.00 bits per heavy atom. The van der Waals surface area contributed by atoms with E-state index in [1.54, 1.807) is 0 Å². The Morgan fingerprint density at radius 3 is 2.67 bits per heavy atom. The number of aromatic nitrogens is 4. The molecule has 0 aliphatic heterocycles. The predicted octanol–water partition coefficient (Wildman–Crippen LogP) is 1.74. The zero-order valence-corrected chi connectivity index (χ0v) is 8.11. The summed E-state index contributed by atoms with van der Waals surface area (Å²) in [5.74, 6) is 0.